The number of hydrogen-bond acceptors (Lipinski definition) is 7. The van der Waals surface area contributed by atoms with Crippen molar-refractivity contribution < 1.29 is 22.7 Å². The second kappa shape index (κ2) is 8.69. The van der Waals surface area contributed by atoms with Gasteiger partial charge in [-0.2, -0.15) is 18.2 Å². The summed E-state index contributed by atoms with van der Waals surface area (Å²) in [5, 5.41) is 4.30. The molecule has 182 valence electrons. The van der Waals surface area contributed by atoms with E-state index in [0.29, 0.717) is 30.9 Å². The summed E-state index contributed by atoms with van der Waals surface area (Å²) in [5.74, 6) is -0.234. The van der Waals surface area contributed by atoms with E-state index >= 15 is 0 Å². The van der Waals surface area contributed by atoms with Crippen LogP contribution in [0.4, 0.5) is 36.3 Å². The van der Waals surface area contributed by atoms with Crippen molar-refractivity contribution in [3.63, 3.8) is 0 Å². The maximum absolute atomic E-state index is 13.8. The normalized spacial score (nSPS) is 23.8. The predicted molar refractivity (Wildman–Crippen MR) is 124 cm³/mol. The van der Waals surface area contributed by atoms with Crippen LogP contribution in [0.15, 0.2) is 60.8 Å². The molecule has 4 heterocycles. The number of anilines is 4. The third-order valence-corrected chi connectivity index (χ3v) is 6.73. The number of halogens is 3. The van der Waals surface area contributed by atoms with E-state index in [1.54, 1.807) is 0 Å². The molecule has 6 rings (SSSR count). The molecule has 35 heavy (non-hydrogen) atoms. The average molecular weight is 483 g/mol. The molecule has 2 bridgehead atoms. The maximum Gasteiger partial charge on any atom is 0.421 e. The summed E-state index contributed by atoms with van der Waals surface area (Å²) in [6, 6.07) is 17.1. The Hall–Kier alpha value is -3.37. The third kappa shape index (κ3) is 4.28. The molecule has 1 N–H and O–H groups in total. The second-order valence-corrected chi connectivity index (χ2v) is 8.97. The number of aromatic nitrogens is 2. The lowest BCUT2D eigenvalue weighted by atomic mass is 10.0. The highest BCUT2D eigenvalue weighted by atomic mass is 19.4. The molecule has 2 aromatic carbocycles. The molecule has 1 aromatic heterocycles. The van der Waals surface area contributed by atoms with Gasteiger partial charge < -0.3 is 15.0 Å². The molecule has 0 unspecified atom stereocenters. The van der Waals surface area contributed by atoms with Crippen molar-refractivity contribution in [2.75, 3.05) is 35.0 Å². The number of morpholine rings is 1. The van der Waals surface area contributed by atoms with E-state index in [4.69, 9.17) is 9.57 Å². The average Bonchev–Trinajstić information content (AvgIpc) is 3.62. The number of hydrogen-bond donors (Lipinski definition) is 1. The van der Waals surface area contributed by atoms with Gasteiger partial charge in [-0.3, -0.25) is 4.84 Å². The Balaban J connectivity index is 1.27. The Morgan fingerprint density at radius 2 is 1.83 bits per heavy atom. The number of nitrogens with one attached hydrogen (secondary N) is 1. The fourth-order valence-electron chi connectivity index (χ4n) is 5.04. The molecule has 3 aliphatic rings. The number of alkyl halides is 3. The summed E-state index contributed by atoms with van der Waals surface area (Å²) in [7, 11) is 0. The minimum absolute atomic E-state index is 0.0664. The lowest BCUT2D eigenvalue weighted by Gasteiger charge is -2.29. The molecule has 3 atom stereocenters. The SMILES string of the molecule is FC(F)(F)c1cnc(Nc2ccc(N3C[C@H]4C[C@@H]3CO4)cc2)nc1N1OCC[C@H]1c1ccccc1. The third-order valence-electron chi connectivity index (χ3n) is 6.73. The van der Waals surface area contributed by atoms with Gasteiger partial charge in [-0.1, -0.05) is 30.3 Å². The van der Waals surface area contributed by atoms with Gasteiger partial charge in [0.1, 0.15) is 5.56 Å². The first kappa shape index (κ1) is 22.1. The summed E-state index contributed by atoms with van der Waals surface area (Å²) >= 11 is 0. The van der Waals surface area contributed by atoms with Crippen LogP contribution in [0, 0.1) is 0 Å². The van der Waals surface area contributed by atoms with Gasteiger partial charge in [-0.25, -0.2) is 10.0 Å². The number of fused-ring (bicyclic) bond motifs is 2. The topological polar surface area (TPSA) is 62.8 Å². The maximum atomic E-state index is 13.8. The number of benzene rings is 2. The Morgan fingerprint density at radius 1 is 1.03 bits per heavy atom. The van der Waals surface area contributed by atoms with Crippen molar-refractivity contribution >= 4 is 23.1 Å². The summed E-state index contributed by atoms with van der Waals surface area (Å²) in [4.78, 5) is 16.2. The summed E-state index contributed by atoms with van der Waals surface area (Å²) in [6.07, 6.45) is -1.92. The van der Waals surface area contributed by atoms with Crippen molar-refractivity contribution in [3.8, 4) is 0 Å². The van der Waals surface area contributed by atoms with E-state index in [2.05, 4.69) is 20.2 Å². The van der Waals surface area contributed by atoms with Gasteiger partial charge in [0.2, 0.25) is 5.95 Å². The van der Waals surface area contributed by atoms with Crippen LogP contribution in [0.3, 0.4) is 0 Å². The summed E-state index contributed by atoms with van der Waals surface area (Å²) < 4.78 is 47.2. The minimum atomic E-state index is -4.62. The monoisotopic (exact) mass is 483 g/mol. The van der Waals surface area contributed by atoms with Crippen molar-refractivity contribution in [2.45, 2.75) is 37.2 Å². The van der Waals surface area contributed by atoms with E-state index in [1.165, 1.54) is 5.06 Å². The van der Waals surface area contributed by atoms with E-state index in [0.717, 1.165) is 37.0 Å². The van der Waals surface area contributed by atoms with Crippen LogP contribution in [-0.2, 0) is 15.8 Å². The van der Waals surface area contributed by atoms with Crippen LogP contribution < -0.4 is 15.3 Å². The van der Waals surface area contributed by atoms with Gasteiger partial charge in [-0.15, -0.1) is 0 Å². The number of rotatable bonds is 5. The van der Waals surface area contributed by atoms with Crippen LogP contribution in [0.25, 0.3) is 0 Å². The van der Waals surface area contributed by atoms with Gasteiger partial charge in [0.25, 0.3) is 0 Å². The zero-order chi connectivity index (χ0) is 24.0. The molecule has 0 aliphatic carbocycles. The molecule has 3 aromatic rings. The number of nitrogens with zero attached hydrogens (tertiary/aromatic N) is 4. The highest BCUT2D eigenvalue weighted by Gasteiger charge is 2.41. The van der Waals surface area contributed by atoms with E-state index < -0.39 is 11.7 Å². The van der Waals surface area contributed by atoms with Crippen LogP contribution >= 0.6 is 0 Å². The minimum Gasteiger partial charge on any atom is -0.374 e. The van der Waals surface area contributed by atoms with Gasteiger partial charge in [0.15, 0.2) is 5.82 Å². The molecular formula is C25H24F3N5O2. The molecule has 3 saturated heterocycles. The number of ether oxygens (including phenoxy) is 1. The van der Waals surface area contributed by atoms with Gasteiger partial charge in [-0.05, 0) is 36.2 Å². The largest absolute Gasteiger partial charge is 0.421 e. The molecular weight excluding hydrogens is 459 g/mol. The zero-order valence-corrected chi connectivity index (χ0v) is 18.8. The van der Waals surface area contributed by atoms with Crippen LogP contribution in [-0.4, -0.2) is 41.9 Å². The molecule has 0 amide bonds. The fraction of sp³-hybridized carbons (Fsp3) is 0.360. The highest BCUT2D eigenvalue weighted by Crippen LogP contribution is 2.42. The van der Waals surface area contributed by atoms with Gasteiger partial charge in [0, 0.05) is 30.5 Å². The Bertz CT molecular complexity index is 1190. The zero-order valence-electron chi connectivity index (χ0n) is 18.8. The number of hydroxylamine groups is 1. The molecule has 7 nitrogen and oxygen atoms in total. The van der Waals surface area contributed by atoms with E-state index in [9.17, 15) is 13.2 Å². The van der Waals surface area contributed by atoms with E-state index in [-0.39, 0.29) is 17.8 Å². The van der Waals surface area contributed by atoms with Crippen molar-refractivity contribution in [1.82, 2.24) is 9.97 Å². The quantitative estimate of drug-likeness (QED) is 0.542. The smallest absolute Gasteiger partial charge is 0.374 e. The van der Waals surface area contributed by atoms with Crippen LogP contribution in [0.2, 0.25) is 0 Å². The van der Waals surface area contributed by atoms with Crippen molar-refractivity contribution in [2.24, 2.45) is 0 Å². The first-order valence-electron chi connectivity index (χ1n) is 11.6. The molecule has 0 spiro atoms. The highest BCUT2D eigenvalue weighted by molar-refractivity contribution is 5.62. The summed E-state index contributed by atoms with van der Waals surface area (Å²) in [5.41, 5.74) is 1.70. The standard InChI is InChI=1S/C25H24F3N5O2/c26-25(27,28)21-13-29-24(31-23(21)33-22(10-11-35-33)16-4-2-1-3-5-16)30-17-6-8-18(9-7-17)32-14-20-12-19(32)15-34-20/h1-9,13,19-20,22H,10-12,14-15H2,(H,29,30,31)/t19-,20-,22+/m1/s1. The van der Waals surface area contributed by atoms with E-state index in [1.807, 2.05) is 54.6 Å². The Labute approximate surface area is 200 Å². The first-order chi connectivity index (χ1) is 17.0. The lowest BCUT2D eigenvalue weighted by Crippen LogP contribution is -2.36. The molecule has 3 fully saturated rings. The Morgan fingerprint density at radius 3 is 2.51 bits per heavy atom. The van der Waals surface area contributed by atoms with Crippen LogP contribution in [0.5, 0.6) is 0 Å². The molecule has 0 saturated carbocycles. The lowest BCUT2D eigenvalue weighted by molar-refractivity contribution is -0.138. The van der Waals surface area contributed by atoms with Crippen molar-refractivity contribution in [3.05, 3.63) is 71.9 Å². The molecule has 0 radical (unpaired) electrons. The van der Waals surface area contributed by atoms with Gasteiger partial charge in [0.05, 0.1) is 31.4 Å². The van der Waals surface area contributed by atoms with Gasteiger partial charge >= 0.3 is 6.18 Å². The molecule has 3 aliphatic heterocycles. The predicted octanol–water partition coefficient (Wildman–Crippen LogP) is 5.10. The summed E-state index contributed by atoms with van der Waals surface area (Å²) in [6.45, 7) is 1.92. The second-order valence-electron chi connectivity index (χ2n) is 8.97. The first-order valence-corrected chi connectivity index (χ1v) is 11.6. The molecule has 10 heteroatoms. The fourth-order valence-corrected chi connectivity index (χ4v) is 5.04. The van der Waals surface area contributed by atoms with Crippen LogP contribution in [0.1, 0.15) is 30.0 Å². The van der Waals surface area contributed by atoms with Crippen molar-refractivity contribution in [1.29, 1.82) is 0 Å². The Kier molecular flexibility index (Phi) is 5.49.